The average Bonchev–Trinajstić information content (AvgIpc) is 2.83. The van der Waals surface area contributed by atoms with Crippen LogP contribution in [0.2, 0.25) is 5.02 Å². The summed E-state index contributed by atoms with van der Waals surface area (Å²) in [6, 6.07) is 6.45. The van der Waals surface area contributed by atoms with Crippen LogP contribution in [-0.4, -0.2) is 34.8 Å². The summed E-state index contributed by atoms with van der Waals surface area (Å²) in [6.45, 7) is 3.52. The molecule has 1 aliphatic carbocycles. The molecular weight excluding hydrogens is 354 g/mol. The zero-order chi connectivity index (χ0) is 18.9. The first-order chi connectivity index (χ1) is 12.3. The second kappa shape index (κ2) is 7.27. The highest BCUT2D eigenvalue weighted by Gasteiger charge is 2.55. The number of nitrogens with one attached hydrogen (secondary N) is 2. The van der Waals surface area contributed by atoms with Crippen LogP contribution in [0.5, 0.6) is 0 Å². The van der Waals surface area contributed by atoms with Crippen molar-refractivity contribution in [1.82, 2.24) is 15.5 Å². The Labute approximate surface area is 158 Å². The predicted octanol–water partition coefficient (Wildman–Crippen LogP) is 3.02. The second-order valence-corrected chi connectivity index (χ2v) is 7.66. The molecule has 1 aliphatic heterocycles. The maximum atomic E-state index is 12.9. The van der Waals surface area contributed by atoms with Crippen LogP contribution in [0.25, 0.3) is 0 Å². The Kier molecular flexibility index (Phi) is 5.23. The van der Waals surface area contributed by atoms with Crippen molar-refractivity contribution >= 4 is 29.4 Å². The number of urea groups is 1. The second-order valence-electron chi connectivity index (χ2n) is 7.25. The Morgan fingerprint density at radius 3 is 2.81 bits per heavy atom. The Morgan fingerprint density at radius 1 is 1.38 bits per heavy atom. The number of rotatable bonds is 4. The third-order valence-corrected chi connectivity index (χ3v) is 5.90. The molecule has 3 rings (SSSR count). The van der Waals surface area contributed by atoms with Gasteiger partial charge in [-0.2, -0.15) is 0 Å². The van der Waals surface area contributed by atoms with Crippen molar-refractivity contribution < 1.29 is 14.4 Å². The van der Waals surface area contributed by atoms with Crippen molar-refractivity contribution in [2.75, 3.05) is 6.54 Å². The van der Waals surface area contributed by atoms with Crippen LogP contribution >= 0.6 is 11.6 Å². The van der Waals surface area contributed by atoms with Gasteiger partial charge in [0.15, 0.2) is 0 Å². The lowest BCUT2D eigenvalue weighted by Gasteiger charge is -2.36. The van der Waals surface area contributed by atoms with E-state index in [9.17, 15) is 14.4 Å². The number of halogens is 1. The zero-order valence-corrected chi connectivity index (χ0v) is 15.8. The van der Waals surface area contributed by atoms with Gasteiger partial charge in [-0.15, -0.1) is 0 Å². The molecule has 1 saturated carbocycles. The number of nitrogens with zero attached hydrogens (tertiary/aromatic N) is 1. The molecule has 1 spiro atoms. The maximum absolute atomic E-state index is 12.9. The summed E-state index contributed by atoms with van der Waals surface area (Å²) < 4.78 is 0. The van der Waals surface area contributed by atoms with Gasteiger partial charge in [0.25, 0.3) is 5.91 Å². The molecule has 26 heavy (non-hydrogen) atoms. The van der Waals surface area contributed by atoms with Gasteiger partial charge in [0.1, 0.15) is 12.1 Å². The van der Waals surface area contributed by atoms with Crippen LogP contribution in [-0.2, 0) is 9.59 Å². The molecule has 2 N–H and O–H groups in total. The first kappa shape index (κ1) is 18.7. The highest BCUT2D eigenvalue weighted by molar-refractivity contribution is 6.31. The third-order valence-electron chi connectivity index (χ3n) is 5.55. The van der Waals surface area contributed by atoms with Gasteiger partial charge in [0.2, 0.25) is 5.91 Å². The molecule has 0 aromatic heterocycles. The van der Waals surface area contributed by atoms with Crippen LogP contribution in [0, 0.1) is 5.92 Å². The molecular formula is C19H24ClN3O3. The van der Waals surface area contributed by atoms with E-state index in [0.717, 1.165) is 29.7 Å². The number of carbonyl (C=O) groups excluding carboxylic acids is 3. The topological polar surface area (TPSA) is 78.5 Å². The monoisotopic (exact) mass is 377 g/mol. The van der Waals surface area contributed by atoms with Crippen LogP contribution in [0.3, 0.4) is 0 Å². The SMILES string of the molecule is C[C@H](NC(=O)CN1C(=O)N[C@]2(CCCC[C@H]2C)C1=O)c1ccccc1Cl. The molecule has 7 heteroatoms. The van der Waals surface area contributed by atoms with Crippen LogP contribution in [0.15, 0.2) is 24.3 Å². The Bertz CT molecular complexity index is 738. The van der Waals surface area contributed by atoms with E-state index in [-0.39, 0.29) is 30.3 Å². The van der Waals surface area contributed by atoms with E-state index < -0.39 is 11.6 Å². The van der Waals surface area contributed by atoms with Gasteiger partial charge in [0.05, 0.1) is 6.04 Å². The van der Waals surface area contributed by atoms with Crippen molar-refractivity contribution in [2.45, 2.75) is 51.1 Å². The molecule has 2 fully saturated rings. The molecule has 6 nitrogen and oxygen atoms in total. The van der Waals surface area contributed by atoms with Gasteiger partial charge in [0, 0.05) is 5.02 Å². The van der Waals surface area contributed by atoms with Gasteiger partial charge >= 0.3 is 6.03 Å². The summed E-state index contributed by atoms with van der Waals surface area (Å²) in [6.07, 6.45) is 3.49. The maximum Gasteiger partial charge on any atom is 0.325 e. The smallest absolute Gasteiger partial charge is 0.325 e. The molecule has 140 valence electrons. The van der Waals surface area contributed by atoms with Crippen molar-refractivity contribution in [3.63, 3.8) is 0 Å². The van der Waals surface area contributed by atoms with Crippen LogP contribution < -0.4 is 10.6 Å². The number of hydrogen-bond acceptors (Lipinski definition) is 3. The Hall–Kier alpha value is -2.08. The van der Waals surface area contributed by atoms with E-state index in [0.29, 0.717) is 11.4 Å². The summed E-state index contributed by atoms with van der Waals surface area (Å²) >= 11 is 6.15. The standard InChI is InChI=1S/C19H24ClN3O3/c1-12-7-5-6-10-19(12)17(25)23(18(26)22-19)11-16(24)21-13(2)14-8-3-4-9-15(14)20/h3-4,8-9,12-13H,5-7,10-11H2,1-2H3,(H,21,24)(H,22,26)/t12-,13+,19+/m1/s1. The van der Waals surface area contributed by atoms with Gasteiger partial charge in [-0.05, 0) is 37.3 Å². The first-order valence-electron chi connectivity index (χ1n) is 9.03. The largest absolute Gasteiger partial charge is 0.348 e. The summed E-state index contributed by atoms with van der Waals surface area (Å²) in [4.78, 5) is 38.7. The van der Waals surface area contributed by atoms with Crippen molar-refractivity contribution in [3.8, 4) is 0 Å². The molecule has 1 aromatic rings. The molecule has 4 amide bonds. The molecule has 2 aliphatic rings. The fourth-order valence-corrected chi connectivity index (χ4v) is 4.27. The lowest BCUT2D eigenvalue weighted by Crippen LogP contribution is -2.54. The lowest BCUT2D eigenvalue weighted by molar-refractivity contribution is -0.137. The molecule has 3 atom stereocenters. The number of carbonyl (C=O) groups is 3. The molecule has 0 unspecified atom stereocenters. The number of amides is 4. The minimum absolute atomic E-state index is 0.0720. The van der Waals surface area contributed by atoms with E-state index in [2.05, 4.69) is 10.6 Å². The number of benzene rings is 1. The highest BCUT2D eigenvalue weighted by Crippen LogP contribution is 2.38. The molecule has 0 bridgehead atoms. The molecule has 1 saturated heterocycles. The normalized spacial score (nSPS) is 26.7. The van der Waals surface area contributed by atoms with Gasteiger partial charge in [-0.3, -0.25) is 14.5 Å². The molecule has 1 heterocycles. The van der Waals surface area contributed by atoms with Gasteiger partial charge in [-0.25, -0.2) is 4.79 Å². The minimum atomic E-state index is -0.843. The van der Waals surface area contributed by atoms with E-state index in [1.165, 1.54) is 0 Å². The van der Waals surface area contributed by atoms with Gasteiger partial charge in [-0.1, -0.05) is 49.6 Å². The van der Waals surface area contributed by atoms with E-state index in [1.54, 1.807) is 6.07 Å². The van der Waals surface area contributed by atoms with Gasteiger partial charge < -0.3 is 10.6 Å². The summed E-state index contributed by atoms with van der Waals surface area (Å²) in [5.74, 6) is -0.598. The predicted molar refractivity (Wildman–Crippen MR) is 98.6 cm³/mol. The van der Waals surface area contributed by atoms with Crippen molar-refractivity contribution in [2.24, 2.45) is 5.92 Å². The highest BCUT2D eigenvalue weighted by atomic mass is 35.5. The molecule has 1 aromatic carbocycles. The fraction of sp³-hybridized carbons (Fsp3) is 0.526. The van der Waals surface area contributed by atoms with E-state index >= 15 is 0 Å². The summed E-state index contributed by atoms with van der Waals surface area (Å²) in [7, 11) is 0. The fourth-order valence-electron chi connectivity index (χ4n) is 3.97. The van der Waals surface area contributed by atoms with E-state index in [1.807, 2.05) is 32.0 Å². The minimum Gasteiger partial charge on any atom is -0.348 e. The summed E-state index contributed by atoms with van der Waals surface area (Å²) in [5.41, 5.74) is -0.0543. The number of imide groups is 1. The quantitative estimate of drug-likeness (QED) is 0.791. The summed E-state index contributed by atoms with van der Waals surface area (Å²) in [5, 5.41) is 6.23. The zero-order valence-electron chi connectivity index (χ0n) is 15.0. The average molecular weight is 378 g/mol. The molecule has 0 radical (unpaired) electrons. The van der Waals surface area contributed by atoms with Crippen molar-refractivity contribution in [1.29, 1.82) is 0 Å². The van der Waals surface area contributed by atoms with Crippen LogP contribution in [0.1, 0.15) is 51.1 Å². The van der Waals surface area contributed by atoms with E-state index in [4.69, 9.17) is 11.6 Å². The van der Waals surface area contributed by atoms with Crippen molar-refractivity contribution in [3.05, 3.63) is 34.9 Å². The Morgan fingerprint density at radius 2 is 2.12 bits per heavy atom. The number of hydrogen-bond donors (Lipinski definition) is 2. The van der Waals surface area contributed by atoms with Crippen LogP contribution in [0.4, 0.5) is 4.79 Å². The third kappa shape index (κ3) is 3.30. The first-order valence-corrected chi connectivity index (χ1v) is 9.41. The Balaban J connectivity index is 1.67. The lowest BCUT2D eigenvalue weighted by atomic mass is 9.73.